The molecule has 1 aliphatic heterocycles. The minimum atomic E-state index is -1.41. The molecule has 0 bridgehead atoms. The Labute approximate surface area is 184 Å². The van der Waals surface area contributed by atoms with E-state index < -0.39 is 45.2 Å². The first kappa shape index (κ1) is 22.8. The zero-order valence-electron chi connectivity index (χ0n) is 17.4. The third-order valence-electron chi connectivity index (χ3n) is 6.25. The quantitative estimate of drug-likeness (QED) is 0.499. The first-order valence-corrected chi connectivity index (χ1v) is 12.3. The van der Waals surface area contributed by atoms with Crippen molar-refractivity contribution in [3.05, 3.63) is 60.7 Å². The van der Waals surface area contributed by atoms with Crippen molar-refractivity contribution in [1.82, 2.24) is 0 Å². The molecule has 31 heavy (non-hydrogen) atoms. The van der Waals surface area contributed by atoms with Crippen LogP contribution in [0.1, 0.15) is 25.7 Å². The number of rotatable bonds is 6. The Morgan fingerprint density at radius 1 is 0.774 bits per heavy atom. The molecule has 5 unspecified atom stereocenters. The lowest BCUT2D eigenvalue weighted by atomic mass is 9.96. The van der Waals surface area contributed by atoms with Gasteiger partial charge in [0.15, 0.2) is 6.29 Å². The molecule has 2 fully saturated rings. The summed E-state index contributed by atoms with van der Waals surface area (Å²) in [7, 11) is -0.482. The number of hydrogen-bond acceptors (Lipinski definition) is 6. The highest BCUT2D eigenvalue weighted by molar-refractivity contribution is 7.73. The molecule has 6 nitrogen and oxygen atoms in total. The second kappa shape index (κ2) is 10.5. The molecule has 2 aromatic rings. The molecule has 1 aliphatic carbocycles. The lowest BCUT2D eigenvalue weighted by molar-refractivity contribution is -0.312. The average Bonchev–Trinajstić information content (AvgIpc) is 2.82. The van der Waals surface area contributed by atoms with Crippen molar-refractivity contribution in [2.45, 2.75) is 68.2 Å². The molecule has 168 valence electrons. The molecule has 1 heterocycles. The van der Waals surface area contributed by atoms with E-state index in [0.717, 1.165) is 25.7 Å². The van der Waals surface area contributed by atoms with Crippen LogP contribution in [0, 0.1) is 0 Å². The first-order valence-electron chi connectivity index (χ1n) is 10.9. The van der Waals surface area contributed by atoms with Gasteiger partial charge >= 0.3 is 0 Å². The lowest BCUT2D eigenvalue weighted by Crippen LogP contribution is -2.59. The van der Waals surface area contributed by atoms with Crippen LogP contribution in [0.2, 0.25) is 0 Å². The Balaban J connectivity index is 1.41. The highest BCUT2D eigenvalue weighted by Crippen LogP contribution is 2.46. The van der Waals surface area contributed by atoms with E-state index in [1.54, 1.807) is 0 Å². The molecule has 2 aromatic carbocycles. The third-order valence-corrected chi connectivity index (χ3v) is 9.21. The van der Waals surface area contributed by atoms with Gasteiger partial charge in [0, 0.05) is 0 Å². The van der Waals surface area contributed by atoms with Gasteiger partial charge in [-0.05, 0) is 49.9 Å². The lowest BCUT2D eigenvalue weighted by Gasteiger charge is -2.42. The van der Waals surface area contributed by atoms with E-state index >= 15 is 0 Å². The van der Waals surface area contributed by atoms with Crippen LogP contribution in [0.5, 0.6) is 0 Å². The maximum absolute atomic E-state index is 10.3. The van der Waals surface area contributed by atoms with Crippen LogP contribution in [0.3, 0.4) is 0 Å². The Morgan fingerprint density at radius 2 is 1.32 bits per heavy atom. The topological polar surface area (TPSA) is 99.4 Å². The summed E-state index contributed by atoms with van der Waals surface area (Å²) >= 11 is 0. The Bertz CT molecular complexity index is 757. The molecule has 5 atom stereocenters. The summed E-state index contributed by atoms with van der Waals surface area (Å²) in [4.78, 5) is 0. The molecule has 4 N–H and O–H groups in total. The van der Waals surface area contributed by atoms with Crippen molar-refractivity contribution in [3.63, 3.8) is 0 Å². The predicted molar refractivity (Wildman–Crippen MR) is 120 cm³/mol. The van der Waals surface area contributed by atoms with Gasteiger partial charge in [-0.15, -0.1) is 0 Å². The third kappa shape index (κ3) is 5.18. The van der Waals surface area contributed by atoms with Crippen LogP contribution in [-0.2, 0) is 9.47 Å². The van der Waals surface area contributed by atoms with Crippen LogP contribution in [0.4, 0.5) is 0 Å². The summed E-state index contributed by atoms with van der Waals surface area (Å²) in [5.74, 6) is 0. The van der Waals surface area contributed by atoms with Crippen molar-refractivity contribution in [1.29, 1.82) is 0 Å². The molecule has 2 aliphatic rings. The standard InChI is InChI=1S/C24H31O6P/c25-15-20-21(26)22(27)23(28)24(30-20)29-16-11-13-19(14-12-16)31(17-7-3-1-4-8-17)18-9-5-2-6-10-18/h1-10,16,19-28H,11-15H2. The van der Waals surface area contributed by atoms with Crippen molar-refractivity contribution in [2.75, 3.05) is 6.61 Å². The zero-order chi connectivity index (χ0) is 21.8. The van der Waals surface area contributed by atoms with E-state index in [1.165, 1.54) is 10.6 Å². The summed E-state index contributed by atoms with van der Waals surface area (Å²) in [6, 6.07) is 21.4. The zero-order valence-corrected chi connectivity index (χ0v) is 18.3. The largest absolute Gasteiger partial charge is 0.394 e. The smallest absolute Gasteiger partial charge is 0.186 e. The Hall–Kier alpha value is -1.37. The van der Waals surface area contributed by atoms with E-state index in [1.807, 2.05) is 12.1 Å². The number of aliphatic hydroxyl groups is 4. The predicted octanol–water partition coefficient (Wildman–Crippen LogP) is 1.25. The van der Waals surface area contributed by atoms with Crippen LogP contribution in [0.15, 0.2) is 60.7 Å². The number of hydrogen-bond donors (Lipinski definition) is 4. The van der Waals surface area contributed by atoms with Gasteiger partial charge in [0.05, 0.1) is 12.7 Å². The molecule has 0 amide bonds. The fourth-order valence-corrected chi connectivity index (χ4v) is 7.50. The maximum Gasteiger partial charge on any atom is 0.186 e. The van der Waals surface area contributed by atoms with Crippen LogP contribution in [-0.4, -0.2) is 69.5 Å². The van der Waals surface area contributed by atoms with Gasteiger partial charge in [-0.3, -0.25) is 0 Å². The normalized spacial score (nSPS) is 34.0. The van der Waals surface area contributed by atoms with E-state index in [4.69, 9.17) is 9.47 Å². The SMILES string of the molecule is OCC1OC(OC2CCC(P(c3ccccc3)c3ccccc3)CC2)C(O)C(O)C1O. The van der Waals surface area contributed by atoms with E-state index in [0.29, 0.717) is 5.66 Å². The molecule has 0 aromatic heterocycles. The molecule has 1 saturated heterocycles. The molecule has 0 radical (unpaired) electrons. The monoisotopic (exact) mass is 446 g/mol. The highest BCUT2D eigenvalue weighted by Gasteiger charge is 2.45. The van der Waals surface area contributed by atoms with Gasteiger partial charge in [0.2, 0.25) is 0 Å². The summed E-state index contributed by atoms with van der Waals surface area (Å²) in [6.45, 7) is -0.448. The molecular weight excluding hydrogens is 415 g/mol. The van der Waals surface area contributed by atoms with Gasteiger partial charge in [0.1, 0.15) is 24.4 Å². The first-order chi connectivity index (χ1) is 15.1. The second-order valence-corrected chi connectivity index (χ2v) is 10.8. The van der Waals surface area contributed by atoms with Crippen molar-refractivity contribution in [3.8, 4) is 0 Å². The fourth-order valence-electron chi connectivity index (χ4n) is 4.56. The second-order valence-electron chi connectivity index (χ2n) is 8.30. The summed E-state index contributed by atoms with van der Waals surface area (Å²) in [6.07, 6.45) is -2.55. The van der Waals surface area contributed by atoms with Gasteiger partial charge in [-0.2, -0.15) is 0 Å². The van der Waals surface area contributed by atoms with Gasteiger partial charge in [-0.1, -0.05) is 60.7 Å². The number of ether oxygens (including phenoxy) is 2. The van der Waals surface area contributed by atoms with Crippen LogP contribution >= 0.6 is 7.92 Å². The van der Waals surface area contributed by atoms with Crippen molar-refractivity contribution >= 4 is 18.5 Å². The molecule has 4 rings (SSSR count). The summed E-state index contributed by atoms with van der Waals surface area (Å²) < 4.78 is 11.5. The summed E-state index contributed by atoms with van der Waals surface area (Å²) in [5.41, 5.74) is 0.537. The van der Waals surface area contributed by atoms with Gasteiger partial charge in [-0.25, -0.2) is 0 Å². The number of benzene rings is 2. The molecule has 1 saturated carbocycles. The van der Waals surface area contributed by atoms with E-state index in [2.05, 4.69) is 48.5 Å². The average molecular weight is 446 g/mol. The summed E-state index contributed by atoms with van der Waals surface area (Å²) in [5, 5.41) is 42.3. The molecule has 0 spiro atoms. The highest BCUT2D eigenvalue weighted by atomic mass is 31.1. The Kier molecular flexibility index (Phi) is 7.72. The van der Waals surface area contributed by atoms with Crippen LogP contribution in [0.25, 0.3) is 0 Å². The van der Waals surface area contributed by atoms with Crippen LogP contribution < -0.4 is 10.6 Å². The number of aliphatic hydroxyl groups excluding tert-OH is 4. The maximum atomic E-state index is 10.3. The van der Waals surface area contributed by atoms with E-state index in [9.17, 15) is 20.4 Å². The van der Waals surface area contributed by atoms with Crippen molar-refractivity contribution < 1.29 is 29.9 Å². The van der Waals surface area contributed by atoms with Gasteiger partial charge in [0.25, 0.3) is 0 Å². The van der Waals surface area contributed by atoms with E-state index in [-0.39, 0.29) is 6.10 Å². The minimum absolute atomic E-state index is 0.0962. The van der Waals surface area contributed by atoms with Gasteiger partial charge < -0.3 is 29.9 Å². The Morgan fingerprint density at radius 3 is 1.84 bits per heavy atom. The minimum Gasteiger partial charge on any atom is -0.394 e. The van der Waals surface area contributed by atoms with Crippen molar-refractivity contribution in [2.24, 2.45) is 0 Å². The fraction of sp³-hybridized carbons (Fsp3) is 0.500. The molecule has 7 heteroatoms. The molecular formula is C24H31O6P.